The number of sulfone groups is 1. The first-order valence-electron chi connectivity index (χ1n) is 6.76. The van der Waals surface area contributed by atoms with Crippen molar-refractivity contribution in [1.29, 1.82) is 0 Å². The van der Waals surface area contributed by atoms with Crippen LogP contribution < -0.4 is 0 Å². The van der Waals surface area contributed by atoms with Gasteiger partial charge in [-0.05, 0) is 43.4 Å². The molecule has 2 saturated carbocycles. The Morgan fingerprint density at radius 2 is 1.94 bits per heavy atom. The van der Waals surface area contributed by atoms with Crippen molar-refractivity contribution in [3.05, 3.63) is 0 Å². The molecule has 1 aliphatic heterocycles. The largest absolute Gasteiger partial charge is 0.299 e. The molecule has 2 bridgehead atoms. The van der Waals surface area contributed by atoms with Crippen LogP contribution in [0.3, 0.4) is 0 Å². The molecule has 96 valence electrons. The average molecular weight is 256 g/mol. The second-order valence-electron chi connectivity index (χ2n) is 6.21. The number of ketones is 1. The van der Waals surface area contributed by atoms with E-state index >= 15 is 0 Å². The van der Waals surface area contributed by atoms with Crippen LogP contribution in [-0.4, -0.2) is 25.7 Å². The smallest absolute Gasteiger partial charge is 0.151 e. The molecular formula is C13H20O3S. The van der Waals surface area contributed by atoms with E-state index < -0.39 is 9.84 Å². The predicted molar refractivity (Wildman–Crippen MR) is 65.3 cm³/mol. The highest BCUT2D eigenvalue weighted by Gasteiger charge is 2.42. The zero-order chi connectivity index (χ0) is 12.0. The summed E-state index contributed by atoms with van der Waals surface area (Å²) < 4.78 is 22.7. The molecule has 17 heavy (non-hydrogen) atoms. The van der Waals surface area contributed by atoms with Crippen LogP contribution >= 0.6 is 0 Å². The van der Waals surface area contributed by atoms with E-state index in [1.54, 1.807) is 0 Å². The Morgan fingerprint density at radius 1 is 1.12 bits per heavy atom. The molecule has 0 N–H and O–H groups in total. The third-order valence-electron chi connectivity index (χ3n) is 5.04. The van der Waals surface area contributed by atoms with Crippen molar-refractivity contribution in [3.8, 4) is 0 Å². The van der Waals surface area contributed by atoms with Gasteiger partial charge in [0, 0.05) is 12.3 Å². The van der Waals surface area contributed by atoms with Crippen LogP contribution in [0.25, 0.3) is 0 Å². The lowest BCUT2D eigenvalue weighted by molar-refractivity contribution is -0.123. The van der Waals surface area contributed by atoms with Crippen molar-refractivity contribution >= 4 is 15.6 Å². The SMILES string of the molecule is O=C(CC1CC2CCC1C2)C1CCS(=O)(=O)C1. The summed E-state index contributed by atoms with van der Waals surface area (Å²) in [4.78, 5) is 12.1. The van der Waals surface area contributed by atoms with E-state index in [1.165, 1.54) is 25.7 Å². The van der Waals surface area contributed by atoms with Gasteiger partial charge in [-0.15, -0.1) is 0 Å². The Hall–Kier alpha value is -0.380. The van der Waals surface area contributed by atoms with E-state index in [9.17, 15) is 13.2 Å². The molecule has 0 aromatic carbocycles. The van der Waals surface area contributed by atoms with E-state index in [-0.39, 0.29) is 23.2 Å². The van der Waals surface area contributed by atoms with Crippen LogP contribution in [0.4, 0.5) is 0 Å². The molecule has 1 heterocycles. The molecule has 0 aromatic heterocycles. The van der Waals surface area contributed by atoms with Gasteiger partial charge in [0.15, 0.2) is 9.84 Å². The maximum atomic E-state index is 12.1. The number of Topliss-reactive ketones (excluding diaryl/α,β-unsaturated/α-hetero) is 1. The zero-order valence-corrected chi connectivity index (χ0v) is 10.9. The molecule has 3 nitrogen and oxygen atoms in total. The highest BCUT2D eigenvalue weighted by Crippen LogP contribution is 2.49. The molecule has 3 rings (SSSR count). The average Bonchev–Trinajstić information content (AvgIpc) is 2.92. The standard InChI is InChI=1S/C13H20O3S/c14-13(11-3-4-17(15,16)8-11)7-12-6-9-1-2-10(12)5-9/h9-12H,1-8H2. The van der Waals surface area contributed by atoms with Gasteiger partial charge >= 0.3 is 0 Å². The lowest BCUT2D eigenvalue weighted by Gasteiger charge is -2.21. The minimum absolute atomic E-state index is 0.118. The van der Waals surface area contributed by atoms with E-state index in [1.807, 2.05) is 0 Å². The second kappa shape index (κ2) is 4.08. The fraction of sp³-hybridized carbons (Fsp3) is 0.923. The topological polar surface area (TPSA) is 51.2 Å². The van der Waals surface area contributed by atoms with Gasteiger partial charge in [0.1, 0.15) is 5.78 Å². The van der Waals surface area contributed by atoms with Gasteiger partial charge in [-0.25, -0.2) is 8.42 Å². The van der Waals surface area contributed by atoms with Gasteiger partial charge in [-0.3, -0.25) is 4.79 Å². The lowest BCUT2D eigenvalue weighted by Crippen LogP contribution is -2.22. The molecule has 0 spiro atoms. The highest BCUT2D eigenvalue weighted by molar-refractivity contribution is 7.91. The molecule has 1 saturated heterocycles. The van der Waals surface area contributed by atoms with Crippen LogP contribution in [-0.2, 0) is 14.6 Å². The third kappa shape index (κ3) is 2.28. The highest BCUT2D eigenvalue weighted by atomic mass is 32.2. The Labute approximate surface area is 103 Å². The first-order valence-corrected chi connectivity index (χ1v) is 8.59. The summed E-state index contributed by atoms with van der Waals surface area (Å²) in [6.07, 6.45) is 6.42. The second-order valence-corrected chi connectivity index (χ2v) is 8.43. The van der Waals surface area contributed by atoms with Gasteiger partial charge in [-0.2, -0.15) is 0 Å². The Kier molecular flexibility index (Phi) is 2.80. The summed E-state index contributed by atoms with van der Waals surface area (Å²) in [5.74, 6) is 2.59. The molecule has 4 atom stereocenters. The van der Waals surface area contributed by atoms with Crippen molar-refractivity contribution in [2.75, 3.05) is 11.5 Å². The summed E-state index contributed by atoms with van der Waals surface area (Å²) >= 11 is 0. The van der Waals surface area contributed by atoms with E-state index in [4.69, 9.17) is 0 Å². The van der Waals surface area contributed by atoms with Crippen molar-refractivity contribution < 1.29 is 13.2 Å². The van der Waals surface area contributed by atoms with Gasteiger partial charge in [0.25, 0.3) is 0 Å². The predicted octanol–water partition coefficient (Wildman–Crippen LogP) is 1.82. The van der Waals surface area contributed by atoms with Crippen LogP contribution in [0.2, 0.25) is 0 Å². The summed E-state index contributed by atoms with van der Waals surface area (Å²) in [5.41, 5.74) is 0. The van der Waals surface area contributed by atoms with Gasteiger partial charge in [0.05, 0.1) is 11.5 Å². The quantitative estimate of drug-likeness (QED) is 0.774. The number of hydrogen-bond acceptors (Lipinski definition) is 3. The molecule has 4 unspecified atom stereocenters. The normalized spacial score (nSPS) is 43.1. The summed E-state index contributed by atoms with van der Waals surface area (Å²) in [6, 6.07) is 0. The fourth-order valence-electron chi connectivity index (χ4n) is 4.10. The Bertz CT molecular complexity index is 426. The molecule has 0 amide bonds. The third-order valence-corrected chi connectivity index (χ3v) is 6.80. The van der Waals surface area contributed by atoms with Crippen molar-refractivity contribution in [3.63, 3.8) is 0 Å². The number of rotatable bonds is 3. The Morgan fingerprint density at radius 3 is 2.47 bits per heavy atom. The van der Waals surface area contributed by atoms with Crippen molar-refractivity contribution in [2.24, 2.45) is 23.7 Å². The lowest BCUT2D eigenvalue weighted by atomic mass is 9.83. The van der Waals surface area contributed by atoms with Crippen LogP contribution in [0.15, 0.2) is 0 Å². The molecule has 0 aromatic rings. The summed E-state index contributed by atoms with van der Waals surface area (Å²) in [5, 5.41) is 0. The van der Waals surface area contributed by atoms with Crippen molar-refractivity contribution in [1.82, 2.24) is 0 Å². The molecule has 4 heteroatoms. The molecule has 0 radical (unpaired) electrons. The molecule has 2 aliphatic carbocycles. The van der Waals surface area contributed by atoms with Crippen LogP contribution in [0.1, 0.15) is 38.5 Å². The minimum atomic E-state index is -2.91. The summed E-state index contributed by atoms with van der Waals surface area (Å²) in [7, 11) is -2.91. The van der Waals surface area contributed by atoms with Gasteiger partial charge < -0.3 is 0 Å². The minimum Gasteiger partial charge on any atom is -0.299 e. The molecule has 3 fully saturated rings. The van der Waals surface area contributed by atoms with Gasteiger partial charge in [-0.1, -0.05) is 6.42 Å². The maximum absolute atomic E-state index is 12.1. The first-order chi connectivity index (χ1) is 8.03. The Balaban J connectivity index is 1.58. The van der Waals surface area contributed by atoms with Crippen LogP contribution in [0, 0.1) is 23.7 Å². The summed E-state index contributed by atoms with van der Waals surface area (Å²) in [6.45, 7) is 0. The van der Waals surface area contributed by atoms with E-state index in [0.717, 1.165) is 11.8 Å². The number of hydrogen-bond donors (Lipinski definition) is 0. The zero-order valence-electron chi connectivity index (χ0n) is 10.1. The molecule has 3 aliphatic rings. The van der Waals surface area contributed by atoms with Gasteiger partial charge in [0.2, 0.25) is 0 Å². The molecular weight excluding hydrogens is 236 g/mol. The van der Waals surface area contributed by atoms with Crippen molar-refractivity contribution in [2.45, 2.75) is 38.5 Å². The first kappa shape index (κ1) is 11.7. The van der Waals surface area contributed by atoms with E-state index in [0.29, 0.717) is 18.8 Å². The number of fused-ring (bicyclic) bond motifs is 2. The fourth-order valence-corrected chi connectivity index (χ4v) is 5.88. The van der Waals surface area contributed by atoms with Crippen LogP contribution in [0.5, 0.6) is 0 Å². The number of carbonyl (C=O) groups excluding carboxylic acids is 1. The number of carbonyl (C=O) groups is 1. The monoisotopic (exact) mass is 256 g/mol. The maximum Gasteiger partial charge on any atom is 0.151 e. The van der Waals surface area contributed by atoms with E-state index in [2.05, 4.69) is 0 Å².